The topological polar surface area (TPSA) is 72.2 Å². The maximum absolute atomic E-state index is 12.1. The van der Waals surface area contributed by atoms with Crippen LogP contribution in [0, 0.1) is 0 Å². The van der Waals surface area contributed by atoms with Crippen molar-refractivity contribution in [1.29, 1.82) is 0 Å². The number of thiophene rings is 1. The highest BCUT2D eigenvalue weighted by atomic mass is 35.5. The van der Waals surface area contributed by atoms with Gasteiger partial charge < -0.3 is 5.73 Å². The summed E-state index contributed by atoms with van der Waals surface area (Å²) in [6, 6.07) is 6.22. The molecule has 0 aliphatic heterocycles. The minimum Gasteiger partial charge on any atom is -0.399 e. The average molecular weight is 303 g/mol. The molecule has 7 heteroatoms. The highest BCUT2D eigenvalue weighted by Crippen LogP contribution is 2.23. The fraction of sp³-hybridized carbons (Fsp3) is 0.0909. The van der Waals surface area contributed by atoms with Crippen LogP contribution in [-0.2, 0) is 16.6 Å². The van der Waals surface area contributed by atoms with Gasteiger partial charge >= 0.3 is 0 Å². The first-order chi connectivity index (χ1) is 8.49. The summed E-state index contributed by atoms with van der Waals surface area (Å²) in [5.74, 6) is 0. The lowest BCUT2D eigenvalue weighted by Crippen LogP contribution is -2.23. The van der Waals surface area contributed by atoms with Gasteiger partial charge in [-0.3, -0.25) is 0 Å². The quantitative estimate of drug-likeness (QED) is 0.852. The zero-order chi connectivity index (χ0) is 13.2. The van der Waals surface area contributed by atoms with E-state index in [0.717, 1.165) is 5.56 Å². The zero-order valence-corrected chi connectivity index (χ0v) is 11.6. The highest BCUT2D eigenvalue weighted by molar-refractivity contribution is 7.89. The van der Waals surface area contributed by atoms with Gasteiger partial charge in [-0.25, -0.2) is 13.1 Å². The van der Waals surface area contributed by atoms with Crippen molar-refractivity contribution in [3.8, 4) is 0 Å². The fourth-order valence-corrected chi connectivity index (χ4v) is 3.59. The third-order valence-electron chi connectivity index (χ3n) is 2.29. The smallest absolute Gasteiger partial charge is 0.242 e. The largest absolute Gasteiger partial charge is 0.399 e. The minimum absolute atomic E-state index is 0.000559. The van der Waals surface area contributed by atoms with Crippen LogP contribution in [0.5, 0.6) is 0 Å². The number of nitrogens with two attached hydrogens (primary N) is 1. The molecule has 0 radical (unpaired) electrons. The summed E-state index contributed by atoms with van der Waals surface area (Å²) in [5, 5.41) is 3.92. The lowest BCUT2D eigenvalue weighted by molar-refractivity contribution is 0.581. The Bertz CT molecular complexity index is 639. The molecule has 2 rings (SSSR count). The molecule has 2 aromatic rings. The molecular weight excluding hydrogens is 292 g/mol. The van der Waals surface area contributed by atoms with Crippen LogP contribution in [0.2, 0.25) is 5.02 Å². The van der Waals surface area contributed by atoms with Crippen molar-refractivity contribution in [3.63, 3.8) is 0 Å². The Hall–Kier alpha value is -1.08. The van der Waals surface area contributed by atoms with E-state index in [-0.39, 0.29) is 16.5 Å². The van der Waals surface area contributed by atoms with Gasteiger partial charge in [-0.2, -0.15) is 11.3 Å². The highest BCUT2D eigenvalue weighted by Gasteiger charge is 2.17. The summed E-state index contributed by atoms with van der Waals surface area (Å²) in [6.07, 6.45) is 0. The summed E-state index contributed by atoms with van der Waals surface area (Å²) in [4.78, 5) is -0.000559. The van der Waals surface area contributed by atoms with E-state index >= 15 is 0 Å². The second kappa shape index (κ2) is 5.27. The number of anilines is 1. The Morgan fingerprint density at radius 2 is 2.11 bits per heavy atom. The number of rotatable bonds is 4. The molecule has 1 aromatic carbocycles. The summed E-state index contributed by atoms with van der Waals surface area (Å²) in [5.41, 5.74) is 6.83. The Morgan fingerprint density at radius 3 is 2.78 bits per heavy atom. The molecule has 1 aromatic heterocycles. The van der Waals surface area contributed by atoms with Crippen LogP contribution in [0.15, 0.2) is 39.9 Å². The van der Waals surface area contributed by atoms with Gasteiger partial charge in [0, 0.05) is 12.2 Å². The van der Waals surface area contributed by atoms with Crippen molar-refractivity contribution < 1.29 is 8.42 Å². The summed E-state index contributed by atoms with van der Waals surface area (Å²) in [6.45, 7) is 0.233. The third-order valence-corrected chi connectivity index (χ3v) is 4.91. The van der Waals surface area contributed by atoms with Gasteiger partial charge in [0.25, 0.3) is 0 Å². The van der Waals surface area contributed by atoms with Gasteiger partial charge in [0.1, 0.15) is 4.90 Å². The van der Waals surface area contributed by atoms with Crippen LogP contribution in [-0.4, -0.2) is 8.42 Å². The van der Waals surface area contributed by atoms with Gasteiger partial charge in [0.15, 0.2) is 0 Å². The molecule has 3 N–H and O–H groups in total. The van der Waals surface area contributed by atoms with E-state index in [4.69, 9.17) is 17.3 Å². The number of nitrogens with one attached hydrogen (secondary N) is 1. The van der Waals surface area contributed by atoms with Gasteiger partial charge in [-0.05, 0) is 40.6 Å². The number of hydrogen-bond acceptors (Lipinski definition) is 4. The Morgan fingerprint density at radius 1 is 1.33 bits per heavy atom. The predicted octanol–water partition coefficient (Wildman–Crippen LogP) is 2.46. The predicted molar refractivity (Wildman–Crippen MR) is 74.2 cm³/mol. The molecule has 0 unspecified atom stereocenters. The molecule has 1 heterocycles. The van der Waals surface area contributed by atoms with Crippen LogP contribution in [0.4, 0.5) is 5.69 Å². The standard InChI is InChI=1S/C11H11ClN2O2S2/c12-10-2-1-9(13)5-11(10)18(15,16)14-6-8-3-4-17-7-8/h1-5,7,14H,6,13H2. The van der Waals surface area contributed by atoms with E-state index < -0.39 is 10.0 Å². The number of halogens is 1. The molecule has 0 saturated heterocycles. The van der Waals surface area contributed by atoms with E-state index in [0.29, 0.717) is 5.69 Å². The van der Waals surface area contributed by atoms with Gasteiger partial charge in [0.05, 0.1) is 5.02 Å². The normalized spacial score (nSPS) is 11.6. The van der Waals surface area contributed by atoms with Crippen LogP contribution < -0.4 is 10.5 Å². The molecule has 0 saturated carbocycles. The van der Waals surface area contributed by atoms with Crippen LogP contribution in [0.25, 0.3) is 0 Å². The first-order valence-electron chi connectivity index (χ1n) is 5.05. The van der Waals surface area contributed by atoms with E-state index in [9.17, 15) is 8.42 Å². The van der Waals surface area contributed by atoms with Crippen molar-refractivity contribution in [1.82, 2.24) is 4.72 Å². The first kappa shape index (κ1) is 13.4. The van der Waals surface area contributed by atoms with Crippen molar-refractivity contribution in [3.05, 3.63) is 45.6 Å². The Balaban J connectivity index is 2.22. The number of nitrogen functional groups attached to an aromatic ring is 1. The lowest BCUT2D eigenvalue weighted by Gasteiger charge is -2.08. The van der Waals surface area contributed by atoms with Gasteiger partial charge in [0.2, 0.25) is 10.0 Å². The lowest BCUT2D eigenvalue weighted by atomic mass is 10.3. The van der Waals surface area contributed by atoms with Crippen molar-refractivity contribution in [2.75, 3.05) is 5.73 Å². The molecule has 18 heavy (non-hydrogen) atoms. The molecule has 4 nitrogen and oxygen atoms in total. The molecule has 0 aliphatic rings. The second-order valence-electron chi connectivity index (χ2n) is 3.65. The molecule has 0 fully saturated rings. The summed E-state index contributed by atoms with van der Waals surface area (Å²) in [7, 11) is -3.65. The maximum Gasteiger partial charge on any atom is 0.242 e. The Kier molecular flexibility index (Phi) is 3.91. The molecular formula is C11H11ClN2O2S2. The summed E-state index contributed by atoms with van der Waals surface area (Å²) < 4.78 is 26.6. The maximum atomic E-state index is 12.1. The van der Waals surface area contributed by atoms with E-state index in [2.05, 4.69) is 4.72 Å². The number of benzene rings is 1. The number of hydrogen-bond donors (Lipinski definition) is 2. The van der Waals surface area contributed by atoms with Gasteiger partial charge in [-0.1, -0.05) is 11.6 Å². The average Bonchev–Trinajstić information content (AvgIpc) is 2.83. The van der Waals surface area contributed by atoms with Crippen LogP contribution in [0.3, 0.4) is 0 Å². The number of sulfonamides is 1. The minimum atomic E-state index is -3.65. The van der Waals surface area contributed by atoms with Crippen molar-refractivity contribution in [2.24, 2.45) is 0 Å². The first-order valence-corrected chi connectivity index (χ1v) is 7.85. The molecule has 0 bridgehead atoms. The second-order valence-corrected chi connectivity index (χ2v) is 6.57. The van der Waals surface area contributed by atoms with Crippen molar-refractivity contribution >= 4 is 38.6 Å². The van der Waals surface area contributed by atoms with E-state index in [1.807, 2.05) is 16.8 Å². The Labute approximate surface area is 114 Å². The molecule has 96 valence electrons. The van der Waals surface area contributed by atoms with Crippen molar-refractivity contribution in [2.45, 2.75) is 11.4 Å². The third kappa shape index (κ3) is 3.02. The fourth-order valence-electron chi connectivity index (χ4n) is 1.38. The van der Waals surface area contributed by atoms with Crippen LogP contribution >= 0.6 is 22.9 Å². The van der Waals surface area contributed by atoms with E-state index in [1.165, 1.54) is 23.5 Å². The SMILES string of the molecule is Nc1ccc(Cl)c(S(=O)(=O)NCc2ccsc2)c1. The monoisotopic (exact) mass is 302 g/mol. The zero-order valence-electron chi connectivity index (χ0n) is 9.26. The summed E-state index contributed by atoms with van der Waals surface area (Å²) >= 11 is 7.38. The van der Waals surface area contributed by atoms with Crippen LogP contribution in [0.1, 0.15) is 5.56 Å². The van der Waals surface area contributed by atoms with Gasteiger partial charge in [-0.15, -0.1) is 0 Å². The molecule has 0 amide bonds. The molecule has 0 spiro atoms. The van der Waals surface area contributed by atoms with E-state index in [1.54, 1.807) is 6.07 Å². The molecule has 0 atom stereocenters. The molecule has 0 aliphatic carbocycles.